The van der Waals surface area contributed by atoms with Crippen LogP contribution >= 0.6 is 23.5 Å². The number of thioether (sulfide) groups is 2. The van der Waals surface area contributed by atoms with Gasteiger partial charge in [0.1, 0.15) is 11.6 Å². The number of anilines is 2. The Morgan fingerprint density at radius 1 is 1.41 bits per heavy atom. The van der Waals surface area contributed by atoms with Gasteiger partial charge >= 0.3 is 0 Å². The van der Waals surface area contributed by atoms with Crippen LogP contribution in [0.2, 0.25) is 0 Å². The van der Waals surface area contributed by atoms with E-state index in [1.807, 2.05) is 24.1 Å². The van der Waals surface area contributed by atoms with Gasteiger partial charge in [0.15, 0.2) is 5.16 Å². The van der Waals surface area contributed by atoms with E-state index >= 15 is 0 Å². The van der Waals surface area contributed by atoms with Crippen molar-refractivity contribution >= 4 is 35.2 Å². The van der Waals surface area contributed by atoms with Crippen LogP contribution in [-0.2, 0) is 0 Å². The van der Waals surface area contributed by atoms with Crippen molar-refractivity contribution in [3.8, 4) is 0 Å². The fraction of sp³-hybridized carbons (Fsp3) is 0.600. The number of nitrogens with zero attached hydrogens (tertiary/aromatic N) is 3. The maximum Gasteiger partial charge on any atom is 0.191 e. The van der Waals surface area contributed by atoms with Gasteiger partial charge in [-0.3, -0.25) is 0 Å². The molecule has 17 heavy (non-hydrogen) atoms. The Balaban J connectivity index is 2.22. The zero-order valence-electron chi connectivity index (χ0n) is 9.85. The van der Waals surface area contributed by atoms with Gasteiger partial charge in [-0.05, 0) is 18.4 Å². The van der Waals surface area contributed by atoms with Gasteiger partial charge in [-0.25, -0.2) is 15.8 Å². The van der Waals surface area contributed by atoms with Crippen LogP contribution in [0.15, 0.2) is 11.2 Å². The summed E-state index contributed by atoms with van der Waals surface area (Å²) in [6.07, 6.45) is 3.17. The molecular formula is C10H17N5S2. The second kappa shape index (κ2) is 6.32. The summed E-state index contributed by atoms with van der Waals surface area (Å²) in [7, 11) is 0. The summed E-state index contributed by atoms with van der Waals surface area (Å²) < 4.78 is 0. The zero-order chi connectivity index (χ0) is 12.1. The molecule has 0 radical (unpaired) electrons. The summed E-state index contributed by atoms with van der Waals surface area (Å²) >= 11 is 3.54. The first-order valence-electron chi connectivity index (χ1n) is 5.56. The van der Waals surface area contributed by atoms with Crippen LogP contribution in [0, 0.1) is 0 Å². The third kappa shape index (κ3) is 3.40. The Bertz CT molecular complexity index is 343. The highest BCUT2D eigenvalue weighted by Crippen LogP contribution is 2.22. The largest absolute Gasteiger partial charge is 0.356 e. The molecule has 0 unspecified atom stereocenters. The molecule has 94 valence electrons. The average molecular weight is 271 g/mol. The van der Waals surface area contributed by atoms with E-state index in [4.69, 9.17) is 5.84 Å². The smallest absolute Gasteiger partial charge is 0.191 e. The molecule has 0 aromatic carbocycles. The van der Waals surface area contributed by atoms with Crippen LogP contribution in [0.5, 0.6) is 0 Å². The molecule has 0 spiro atoms. The molecule has 0 amide bonds. The first-order valence-corrected chi connectivity index (χ1v) is 7.94. The predicted molar refractivity (Wildman–Crippen MR) is 75.8 cm³/mol. The Hall–Kier alpha value is -0.660. The molecule has 0 bridgehead atoms. The molecule has 7 heteroatoms. The summed E-state index contributed by atoms with van der Waals surface area (Å²) in [5.74, 6) is 9.47. The minimum Gasteiger partial charge on any atom is -0.356 e. The van der Waals surface area contributed by atoms with E-state index < -0.39 is 0 Å². The Labute approximate surface area is 110 Å². The molecular weight excluding hydrogens is 254 g/mol. The molecule has 2 heterocycles. The molecule has 2 rings (SSSR count). The van der Waals surface area contributed by atoms with Crippen molar-refractivity contribution in [2.45, 2.75) is 11.6 Å². The zero-order valence-corrected chi connectivity index (χ0v) is 11.5. The van der Waals surface area contributed by atoms with Crippen molar-refractivity contribution < 1.29 is 0 Å². The number of hydrazine groups is 1. The fourth-order valence-electron chi connectivity index (χ4n) is 1.72. The highest BCUT2D eigenvalue weighted by Gasteiger charge is 2.13. The first kappa shape index (κ1) is 12.8. The minimum absolute atomic E-state index is 0.677. The lowest BCUT2D eigenvalue weighted by molar-refractivity contribution is 0.785. The minimum atomic E-state index is 0.677. The van der Waals surface area contributed by atoms with Crippen molar-refractivity contribution in [1.29, 1.82) is 0 Å². The summed E-state index contributed by atoms with van der Waals surface area (Å²) in [5.41, 5.74) is 2.60. The van der Waals surface area contributed by atoms with Gasteiger partial charge in [-0.1, -0.05) is 11.8 Å². The van der Waals surface area contributed by atoms with Gasteiger partial charge in [-0.2, -0.15) is 11.8 Å². The maximum atomic E-state index is 5.43. The second-order valence-corrected chi connectivity index (χ2v) is 5.69. The van der Waals surface area contributed by atoms with Gasteiger partial charge in [-0.15, -0.1) is 0 Å². The molecule has 1 aliphatic rings. The van der Waals surface area contributed by atoms with Crippen LogP contribution in [0.3, 0.4) is 0 Å². The lowest BCUT2D eigenvalue weighted by Crippen LogP contribution is -2.27. The summed E-state index contributed by atoms with van der Waals surface area (Å²) in [6.45, 7) is 2.10. The molecule has 5 nitrogen and oxygen atoms in total. The molecule has 1 saturated heterocycles. The summed E-state index contributed by atoms with van der Waals surface area (Å²) in [6, 6.07) is 1.91. The van der Waals surface area contributed by atoms with Crippen molar-refractivity contribution in [2.75, 3.05) is 41.2 Å². The maximum absolute atomic E-state index is 5.43. The SMILES string of the molecule is CSc1nc(NN)cc(N2CCCSCC2)n1. The molecule has 1 aliphatic heterocycles. The fourth-order valence-corrected chi connectivity index (χ4v) is 2.98. The normalized spacial score (nSPS) is 16.7. The number of rotatable bonds is 3. The van der Waals surface area contributed by atoms with E-state index in [1.165, 1.54) is 23.9 Å². The van der Waals surface area contributed by atoms with Gasteiger partial charge in [0.05, 0.1) is 0 Å². The monoisotopic (exact) mass is 271 g/mol. The van der Waals surface area contributed by atoms with Crippen molar-refractivity contribution in [3.05, 3.63) is 6.07 Å². The van der Waals surface area contributed by atoms with Crippen molar-refractivity contribution in [1.82, 2.24) is 9.97 Å². The van der Waals surface area contributed by atoms with E-state index in [2.05, 4.69) is 20.3 Å². The number of nitrogens with one attached hydrogen (secondary N) is 1. The van der Waals surface area contributed by atoms with Gasteiger partial charge in [0.25, 0.3) is 0 Å². The van der Waals surface area contributed by atoms with Crippen LogP contribution in [0.4, 0.5) is 11.6 Å². The van der Waals surface area contributed by atoms with Crippen LogP contribution < -0.4 is 16.2 Å². The van der Waals surface area contributed by atoms with E-state index in [9.17, 15) is 0 Å². The Kier molecular flexibility index (Phi) is 4.75. The second-order valence-electron chi connectivity index (χ2n) is 3.70. The molecule has 1 aromatic heterocycles. The predicted octanol–water partition coefficient (Wildman–Crippen LogP) is 1.43. The standard InChI is InChI=1S/C10H17N5S2/c1-16-10-12-8(14-11)7-9(13-10)15-3-2-5-17-6-4-15/h7H,2-6,11H2,1H3,(H,12,13,14). The van der Waals surface area contributed by atoms with Gasteiger partial charge in [0, 0.05) is 24.9 Å². The molecule has 1 fully saturated rings. The molecule has 0 aliphatic carbocycles. The average Bonchev–Trinajstić information content (AvgIpc) is 2.67. The molecule has 0 atom stereocenters. The molecule has 3 N–H and O–H groups in total. The number of nitrogen functional groups attached to an aromatic ring is 1. The number of aromatic nitrogens is 2. The van der Waals surface area contributed by atoms with Crippen LogP contribution in [0.1, 0.15) is 6.42 Å². The number of hydrogen-bond donors (Lipinski definition) is 2. The van der Waals surface area contributed by atoms with E-state index in [0.717, 1.165) is 29.8 Å². The third-order valence-corrected chi connectivity index (χ3v) is 4.17. The quantitative estimate of drug-likeness (QED) is 0.373. The number of hydrogen-bond acceptors (Lipinski definition) is 7. The van der Waals surface area contributed by atoms with E-state index in [-0.39, 0.29) is 0 Å². The summed E-state index contributed by atoms with van der Waals surface area (Å²) in [5, 5.41) is 0.757. The third-order valence-electron chi connectivity index (χ3n) is 2.57. The van der Waals surface area contributed by atoms with Gasteiger partial charge in [0.2, 0.25) is 0 Å². The van der Waals surface area contributed by atoms with Crippen molar-refractivity contribution in [3.63, 3.8) is 0 Å². The van der Waals surface area contributed by atoms with E-state index in [0.29, 0.717) is 5.82 Å². The Morgan fingerprint density at radius 3 is 3.06 bits per heavy atom. The molecule has 0 saturated carbocycles. The van der Waals surface area contributed by atoms with Crippen molar-refractivity contribution in [2.24, 2.45) is 5.84 Å². The topological polar surface area (TPSA) is 67.1 Å². The lowest BCUT2D eigenvalue weighted by Gasteiger charge is -2.21. The van der Waals surface area contributed by atoms with Gasteiger partial charge < -0.3 is 10.3 Å². The lowest BCUT2D eigenvalue weighted by atomic mass is 10.4. The Morgan fingerprint density at radius 2 is 2.29 bits per heavy atom. The van der Waals surface area contributed by atoms with Crippen LogP contribution in [0.25, 0.3) is 0 Å². The first-order chi connectivity index (χ1) is 8.33. The molecule has 1 aromatic rings. The summed E-state index contributed by atoms with van der Waals surface area (Å²) in [4.78, 5) is 11.1. The number of nitrogens with two attached hydrogens (primary N) is 1. The highest BCUT2D eigenvalue weighted by molar-refractivity contribution is 7.99. The van der Waals surface area contributed by atoms with E-state index in [1.54, 1.807) is 0 Å². The highest BCUT2D eigenvalue weighted by atomic mass is 32.2. The van der Waals surface area contributed by atoms with Crippen LogP contribution in [-0.4, -0.2) is 40.8 Å².